The fraction of sp³-hybridized carbons (Fsp3) is 0.312. The SMILES string of the molecule is CCN(Cc1ccccc1N)c1nnc(C)c(C)c1C#N. The minimum atomic E-state index is 0.582. The molecule has 1 aromatic heterocycles. The molecule has 0 fully saturated rings. The highest BCUT2D eigenvalue weighted by atomic mass is 15.3. The van der Waals surface area contributed by atoms with Gasteiger partial charge in [0, 0.05) is 18.8 Å². The van der Waals surface area contributed by atoms with Crippen molar-refractivity contribution in [3.63, 3.8) is 0 Å². The summed E-state index contributed by atoms with van der Waals surface area (Å²) in [5, 5.41) is 17.8. The molecule has 0 aliphatic heterocycles. The maximum absolute atomic E-state index is 9.42. The summed E-state index contributed by atoms with van der Waals surface area (Å²) in [6.07, 6.45) is 0. The molecule has 0 aliphatic carbocycles. The average Bonchev–Trinajstić information content (AvgIpc) is 2.49. The van der Waals surface area contributed by atoms with E-state index >= 15 is 0 Å². The maximum atomic E-state index is 9.42. The number of aryl methyl sites for hydroxylation is 1. The third-order valence-corrected chi connectivity index (χ3v) is 3.65. The Morgan fingerprint density at radius 3 is 2.57 bits per heavy atom. The first kappa shape index (κ1) is 14.8. The Labute approximate surface area is 125 Å². The Bertz CT molecular complexity index is 688. The quantitative estimate of drug-likeness (QED) is 0.871. The van der Waals surface area contributed by atoms with Crippen LogP contribution in [0.3, 0.4) is 0 Å². The minimum absolute atomic E-state index is 0.582. The number of nitrogens with zero attached hydrogens (tertiary/aromatic N) is 4. The third-order valence-electron chi connectivity index (χ3n) is 3.65. The first-order chi connectivity index (χ1) is 10.1. The van der Waals surface area contributed by atoms with Gasteiger partial charge in [-0.2, -0.15) is 10.4 Å². The predicted octanol–water partition coefficient (Wildman–Crippen LogP) is 2.57. The average molecular weight is 281 g/mol. The first-order valence-electron chi connectivity index (χ1n) is 6.90. The Kier molecular flexibility index (Phi) is 4.39. The maximum Gasteiger partial charge on any atom is 0.169 e. The standard InChI is InChI=1S/C16H19N5/c1-4-21(10-13-7-5-6-8-15(13)18)16-14(9-17)11(2)12(3)19-20-16/h5-8H,4,10,18H2,1-3H3. The third kappa shape index (κ3) is 2.95. The molecular weight excluding hydrogens is 262 g/mol. The van der Waals surface area contributed by atoms with Gasteiger partial charge in [0.25, 0.3) is 0 Å². The number of anilines is 2. The fourth-order valence-electron chi connectivity index (χ4n) is 2.17. The van der Waals surface area contributed by atoms with Crippen LogP contribution in [0.1, 0.15) is 29.3 Å². The van der Waals surface area contributed by atoms with E-state index in [0.717, 1.165) is 29.1 Å². The smallest absolute Gasteiger partial charge is 0.169 e. The molecule has 2 rings (SSSR count). The molecule has 5 nitrogen and oxygen atoms in total. The highest BCUT2D eigenvalue weighted by Crippen LogP contribution is 2.24. The van der Waals surface area contributed by atoms with Crippen LogP contribution in [0, 0.1) is 25.2 Å². The van der Waals surface area contributed by atoms with E-state index in [0.29, 0.717) is 17.9 Å². The molecule has 2 N–H and O–H groups in total. The number of hydrogen-bond acceptors (Lipinski definition) is 5. The van der Waals surface area contributed by atoms with Crippen LogP contribution in [0.15, 0.2) is 24.3 Å². The Hall–Kier alpha value is -2.61. The molecule has 1 aromatic carbocycles. The summed E-state index contributed by atoms with van der Waals surface area (Å²) in [6.45, 7) is 7.11. The number of benzene rings is 1. The lowest BCUT2D eigenvalue weighted by atomic mass is 10.1. The monoisotopic (exact) mass is 281 g/mol. The summed E-state index contributed by atoms with van der Waals surface area (Å²) < 4.78 is 0. The topological polar surface area (TPSA) is 78.8 Å². The Morgan fingerprint density at radius 1 is 1.24 bits per heavy atom. The van der Waals surface area contributed by atoms with Crippen molar-refractivity contribution in [1.29, 1.82) is 5.26 Å². The van der Waals surface area contributed by atoms with Crippen molar-refractivity contribution >= 4 is 11.5 Å². The number of nitriles is 1. The molecule has 0 atom stereocenters. The molecule has 0 bridgehead atoms. The normalized spacial score (nSPS) is 10.2. The second-order valence-corrected chi connectivity index (χ2v) is 4.93. The van der Waals surface area contributed by atoms with Crippen LogP contribution in [0.25, 0.3) is 0 Å². The number of nitrogen functional groups attached to an aromatic ring is 1. The summed E-state index contributed by atoms with van der Waals surface area (Å²) in [5.74, 6) is 0.617. The summed E-state index contributed by atoms with van der Waals surface area (Å²) in [7, 11) is 0. The first-order valence-corrected chi connectivity index (χ1v) is 6.90. The molecule has 2 aromatic rings. The predicted molar refractivity (Wildman–Crippen MR) is 83.8 cm³/mol. The zero-order valence-electron chi connectivity index (χ0n) is 12.6. The van der Waals surface area contributed by atoms with E-state index in [-0.39, 0.29) is 0 Å². The zero-order valence-corrected chi connectivity index (χ0v) is 12.6. The van der Waals surface area contributed by atoms with Gasteiger partial charge in [-0.05, 0) is 38.0 Å². The lowest BCUT2D eigenvalue weighted by Crippen LogP contribution is -2.25. The summed E-state index contributed by atoms with van der Waals surface area (Å²) in [4.78, 5) is 2.02. The molecule has 0 unspecified atom stereocenters. The second kappa shape index (κ2) is 6.23. The van der Waals surface area contributed by atoms with E-state index < -0.39 is 0 Å². The molecular formula is C16H19N5. The number of para-hydroxylation sites is 1. The molecule has 0 saturated heterocycles. The van der Waals surface area contributed by atoms with Gasteiger partial charge in [-0.15, -0.1) is 5.10 Å². The van der Waals surface area contributed by atoms with E-state index in [4.69, 9.17) is 5.73 Å². The zero-order chi connectivity index (χ0) is 15.4. The molecule has 0 aliphatic rings. The van der Waals surface area contributed by atoms with Gasteiger partial charge >= 0.3 is 0 Å². The van der Waals surface area contributed by atoms with Crippen LogP contribution < -0.4 is 10.6 Å². The van der Waals surface area contributed by atoms with Gasteiger partial charge in [-0.3, -0.25) is 0 Å². The van der Waals surface area contributed by atoms with Gasteiger partial charge in [-0.25, -0.2) is 0 Å². The highest BCUT2D eigenvalue weighted by molar-refractivity contribution is 5.58. The fourth-order valence-corrected chi connectivity index (χ4v) is 2.17. The highest BCUT2D eigenvalue weighted by Gasteiger charge is 2.17. The van der Waals surface area contributed by atoms with Crippen molar-refractivity contribution in [3.05, 3.63) is 46.6 Å². The summed E-state index contributed by atoms with van der Waals surface area (Å²) in [6, 6.07) is 9.97. The van der Waals surface area contributed by atoms with Gasteiger partial charge in [0.1, 0.15) is 11.6 Å². The van der Waals surface area contributed by atoms with Crippen LogP contribution in [0.4, 0.5) is 11.5 Å². The summed E-state index contributed by atoms with van der Waals surface area (Å²) in [5.41, 5.74) is 10.00. The Morgan fingerprint density at radius 2 is 1.95 bits per heavy atom. The second-order valence-electron chi connectivity index (χ2n) is 4.93. The molecule has 0 spiro atoms. The molecule has 0 amide bonds. The van der Waals surface area contributed by atoms with Crippen LogP contribution in [-0.2, 0) is 6.54 Å². The van der Waals surface area contributed by atoms with Gasteiger partial charge in [0.2, 0.25) is 0 Å². The molecule has 5 heteroatoms. The van der Waals surface area contributed by atoms with Crippen molar-refractivity contribution in [2.24, 2.45) is 0 Å². The Balaban J connectivity index is 2.42. The van der Waals surface area contributed by atoms with E-state index in [1.165, 1.54) is 0 Å². The van der Waals surface area contributed by atoms with Crippen LogP contribution in [-0.4, -0.2) is 16.7 Å². The number of aromatic nitrogens is 2. The van der Waals surface area contributed by atoms with E-state index in [2.05, 4.69) is 16.3 Å². The van der Waals surface area contributed by atoms with Crippen molar-refractivity contribution in [2.45, 2.75) is 27.3 Å². The largest absolute Gasteiger partial charge is 0.398 e. The molecule has 0 saturated carbocycles. The molecule has 1 heterocycles. The van der Waals surface area contributed by atoms with Gasteiger partial charge in [0.15, 0.2) is 5.82 Å². The number of nitrogens with two attached hydrogens (primary N) is 1. The van der Waals surface area contributed by atoms with Crippen LogP contribution in [0.5, 0.6) is 0 Å². The van der Waals surface area contributed by atoms with Crippen LogP contribution >= 0.6 is 0 Å². The van der Waals surface area contributed by atoms with Gasteiger partial charge in [0.05, 0.1) is 5.69 Å². The van der Waals surface area contributed by atoms with Gasteiger partial charge in [-0.1, -0.05) is 18.2 Å². The van der Waals surface area contributed by atoms with E-state index in [1.807, 2.05) is 49.9 Å². The number of rotatable bonds is 4. The van der Waals surface area contributed by atoms with Gasteiger partial charge < -0.3 is 10.6 Å². The lowest BCUT2D eigenvalue weighted by Gasteiger charge is -2.24. The van der Waals surface area contributed by atoms with Crippen molar-refractivity contribution in [3.8, 4) is 6.07 Å². The number of hydrogen-bond donors (Lipinski definition) is 1. The molecule has 108 valence electrons. The van der Waals surface area contributed by atoms with Crippen molar-refractivity contribution in [1.82, 2.24) is 10.2 Å². The van der Waals surface area contributed by atoms with E-state index in [9.17, 15) is 5.26 Å². The molecule has 21 heavy (non-hydrogen) atoms. The minimum Gasteiger partial charge on any atom is -0.398 e. The van der Waals surface area contributed by atoms with Crippen molar-refractivity contribution < 1.29 is 0 Å². The lowest BCUT2D eigenvalue weighted by molar-refractivity contribution is 0.787. The van der Waals surface area contributed by atoms with Crippen molar-refractivity contribution in [2.75, 3.05) is 17.2 Å². The van der Waals surface area contributed by atoms with E-state index in [1.54, 1.807) is 0 Å². The summed E-state index contributed by atoms with van der Waals surface area (Å²) >= 11 is 0. The van der Waals surface area contributed by atoms with Crippen LogP contribution in [0.2, 0.25) is 0 Å². The molecule has 0 radical (unpaired) electrons.